The van der Waals surface area contributed by atoms with Crippen molar-refractivity contribution in [2.75, 3.05) is 0 Å². The third-order valence-electron chi connectivity index (χ3n) is 2.84. The third-order valence-corrected chi connectivity index (χ3v) is 3.37. The van der Waals surface area contributed by atoms with Crippen molar-refractivity contribution < 1.29 is 0 Å². The molecule has 0 aliphatic carbocycles. The number of unbranched alkanes of at least 4 members (excludes halogenated alkanes) is 1. The molecule has 0 spiro atoms. The van der Waals surface area contributed by atoms with Crippen LogP contribution >= 0.6 is 15.9 Å². The molecule has 2 rings (SSSR count). The van der Waals surface area contributed by atoms with Crippen molar-refractivity contribution >= 4 is 15.9 Å². The van der Waals surface area contributed by atoms with E-state index in [4.69, 9.17) is 0 Å². The van der Waals surface area contributed by atoms with E-state index in [0.29, 0.717) is 0 Å². The Balaban J connectivity index is 2.07. The van der Waals surface area contributed by atoms with E-state index < -0.39 is 0 Å². The lowest BCUT2D eigenvalue weighted by Crippen LogP contribution is -1.88. The van der Waals surface area contributed by atoms with Crippen LogP contribution in [0.1, 0.15) is 18.4 Å². The van der Waals surface area contributed by atoms with Crippen molar-refractivity contribution in [3.63, 3.8) is 0 Å². The van der Waals surface area contributed by atoms with E-state index in [1.807, 2.05) is 24.4 Å². The van der Waals surface area contributed by atoms with Crippen molar-refractivity contribution in [3.05, 3.63) is 65.3 Å². The van der Waals surface area contributed by atoms with Crippen LogP contribution in [-0.2, 0) is 6.42 Å². The molecule has 18 heavy (non-hydrogen) atoms. The number of aromatic nitrogens is 1. The maximum Gasteiger partial charge on any atom is 0.0702 e. The van der Waals surface area contributed by atoms with Gasteiger partial charge < -0.3 is 0 Å². The van der Waals surface area contributed by atoms with Crippen molar-refractivity contribution in [2.24, 2.45) is 0 Å². The van der Waals surface area contributed by atoms with Crippen LogP contribution in [0.15, 0.2) is 59.7 Å². The molecule has 0 saturated carbocycles. The number of hydrogen-bond acceptors (Lipinski definition) is 1. The molecule has 1 heterocycles. The van der Waals surface area contributed by atoms with Crippen LogP contribution in [0.2, 0.25) is 0 Å². The molecule has 1 aromatic carbocycles. The Bertz CT molecular complexity index is 500. The second-order valence-electron chi connectivity index (χ2n) is 4.24. The largest absolute Gasteiger partial charge is 0.256 e. The van der Waals surface area contributed by atoms with E-state index in [1.54, 1.807) is 0 Å². The summed E-state index contributed by atoms with van der Waals surface area (Å²) in [4.78, 5) is 4.52. The van der Waals surface area contributed by atoms with Gasteiger partial charge in [-0.05, 0) is 43.0 Å². The van der Waals surface area contributed by atoms with Crippen LogP contribution in [-0.4, -0.2) is 4.98 Å². The molecule has 0 aliphatic heterocycles. The molecule has 0 unspecified atom stereocenters. The lowest BCUT2D eigenvalue weighted by molar-refractivity contribution is 0.840. The predicted molar refractivity (Wildman–Crippen MR) is 80.5 cm³/mol. The lowest BCUT2D eigenvalue weighted by atomic mass is 10.1. The molecular weight excluding hydrogens is 286 g/mol. The third kappa shape index (κ3) is 3.54. The van der Waals surface area contributed by atoms with Gasteiger partial charge in [0.2, 0.25) is 0 Å². The van der Waals surface area contributed by atoms with Gasteiger partial charge in [-0.2, -0.15) is 0 Å². The second-order valence-corrected chi connectivity index (χ2v) is 5.16. The maximum absolute atomic E-state index is 4.52. The first-order chi connectivity index (χ1) is 8.79. The summed E-state index contributed by atoms with van der Waals surface area (Å²) >= 11 is 3.44. The van der Waals surface area contributed by atoms with Crippen LogP contribution in [0.5, 0.6) is 0 Å². The fraction of sp³-hybridized carbons (Fsp3) is 0.188. The minimum absolute atomic E-state index is 1.02. The van der Waals surface area contributed by atoms with Crippen LogP contribution in [0.25, 0.3) is 11.3 Å². The Morgan fingerprint density at radius 2 is 1.89 bits per heavy atom. The number of benzene rings is 1. The zero-order valence-corrected chi connectivity index (χ0v) is 11.9. The van der Waals surface area contributed by atoms with Crippen LogP contribution in [0.3, 0.4) is 0 Å². The molecular formula is C16H16BrN. The summed E-state index contributed by atoms with van der Waals surface area (Å²) in [5.41, 5.74) is 3.46. The molecule has 0 saturated heterocycles. The second kappa shape index (κ2) is 6.50. The molecule has 0 radical (unpaired) electrons. The summed E-state index contributed by atoms with van der Waals surface area (Å²) in [7, 11) is 0. The summed E-state index contributed by atoms with van der Waals surface area (Å²) in [6.07, 6.45) is 7.21. The number of aryl methyl sites for hydroxylation is 1. The highest BCUT2D eigenvalue weighted by molar-refractivity contribution is 9.10. The van der Waals surface area contributed by atoms with E-state index in [1.165, 1.54) is 5.56 Å². The number of hydrogen-bond donors (Lipinski definition) is 0. The zero-order valence-electron chi connectivity index (χ0n) is 10.3. The van der Waals surface area contributed by atoms with E-state index >= 15 is 0 Å². The Kier molecular flexibility index (Phi) is 4.71. The number of nitrogens with zero attached hydrogens (tertiary/aromatic N) is 1. The number of allylic oxidation sites excluding steroid dienone is 1. The SMILES string of the molecule is C=CCCCc1ccc(-c2ccc(Br)cc2)nc1. The smallest absolute Gasteiger partial charge is 0.0702 e. The van der Waals surface area contributed by atoms with Crippen molar-refractivity contribution in [3.8, 4) is 11.3 Å². The van der Waals surface area contributed by atoms with E-state index in [-0.39, 0.29) is 0 Å². The average molecular weight is 302 g/mol. The molecule has 1 nitrogen and oxygen atoms in total. The molecule has 0 aliphatic rings. The average Bonchev–Trinajstić information content (AvgIpc) is 2.41. The van der Waals surface area contributed by atoms with Gasteiger partial charge in [-0.15, -0.1) is 6.58 Å². The highest BCUT2D eigenvalue weighted by atomic mass is 79.9. The molecule has 0 bridgehead atoms. The highest BCUT2D eigenvalue weighted by Gasteiger charge is 1.99. The number of halogens is 1. The fourth-order valence-corrected chi connectivity index (χ4v) is 2.08. The Morgan fingerprint density at radius 1 is 1.11 bits per heavy atom. The molecule has 2 heteroatoms. The number of rotatable bonds is 5. The van der Waals surface area contributed by atoms with Gasteiger partial charge in [-0.25, -0.2) is 0 Å². The van der Waals surface area contributed by atoms with Crippen LogP contribution in [0.4, 0.5) is 0 Å². The standard InChI is InChI=1S/C16H16BrN/c1-2-3-4-5-13-6-11-16(18-12-13)14-7-9-15(17)10-8-14/h2,6-12H,1,3-5H2. The van der Waals surface area contributed by atoms with Gasteiger partial charge in [0, 0.05) is 16.2 Å². The Hall–Kier alpha value is -1.41. The summed E-state index contributed by atoms with van der Waals surface area (Å²) < 4.78 is 1.09. The van der Waals surface area contributed by atoms with Crippen LogP contribution in [0, 0.1) is 0 Å². The van der Waals surface area contributed by atoms with Crippen LogP contribution < -0.4 is 0 Å². The Labute approximate surface area is 117 Å². The fourth-order valence-electron chi connectivity index (χ4n) is 1.81. The van der Waals surface area contributed by atoms with E-state index in [9.17, 15) is 0 Å². The van der Waals surface area contributed by atoms with Gasteiger partial charge in [-0.3, -0.25) is 4.98 Å². The van der Waals surface area contributed by atoms with E-state index in [0.717, 1.165) is 35.0 Å². The lowest BCUT2D eigenvalue weighted by Gasteiger charge is -2.03. The first kappa shape index (κ1) is 13.0. The van der Waals surface area contributed by atoms with Gasteiger partial charge in [0.15, 0.2) is 0 Å². The van der Waals surface area contributed by atoms with Gasteiger partial charge in [0.25, 0.3) is 0 Å². The first-order valence-electron chi connectivity index (χ1n) is 6.11. The summed E-state index contributed by atoms with van der Waals surface area (Å²) in [5, 5.41) is 0. The highest BCUT2D eigenvalue weighted by Crippen LogP contribution is 2.20. The quantitative estimate of drug-likeness (QED) is 0.558. The maximum atomic E-state index is 4.52. The summed E-state index contributed by atoms with van der Waals surface area (Å²) in [6.45, 7) is 3.73. The molecule has 2 aromatic rings. The molecule has 1 aromatic heterocycles. The van der Waals surface area contributed by atoms with Gasteiger partial charge in [0.05, 0.1) is 5.69 Å². The Morgan fingerprint density at radius 3 is 2.50 bits per heavy atom. The molecule has 0 amide bonds. The zero-order chi connectivity index (χ0) is 12.8. The molecule has 0 atom stereocenters. The summed E-state index contributed by atoms with van der Waals surface area (Å²) in [5.74, 6) is 0. The predicted octanol–water partition coefficient (Wildman–Crippen LogP) is 5.02. The number of pyridine rings is 1. The van der Waals surface area contributed by atoms with Crippen molar-refractivity contribution in [2.45, 2.75) is 19.3 Å². The van der Waals surface area contributed by atoms with Crippen molar-refractivity contribution in [1.29, 1.82) is 0 Å². The molecule has 0 N–H and O–H groups in total. The van der Waals surface area contributed by atoms with Crippen molar-refractivity contribution in [1.82, 2.24) is 4.98 Å². The van der Waals surface area contributed by atoms with Gasteiger partial charge in [0.1, 0.15) is 0 Å². The topological polar surface area (TPSA) is 12.9 Å². The van der Waals surface area contributed by atoms with E-state index in [2.05, 4.69) is 51.8 Å². The molecule has 92 valence electrons. The molecule has 0 fully saturated rings. The monoisotopic (exact) mass is 301 g/mol. The van der Waals surface area contributed by atoms with Gasteiger partial charge in [-0.1, -0.05) is 40.2 Å². The van der Waals surface area contributed by atoms with Gasteiger partial charge >= 0.3 is 0 Å². The minimum Gasteiger partial charge on any atom is -0.256 e. The first-order valence-corrected chi connectivity index (χ1v) is 6.90. The normalized spacial score (nSPS) is 10.3. The summed E-state index contributed by atoms with van der Waals surface area (Å²) in [6, 6.07) is 12.5. The minimum atomic E-state index is 1.02.